The highest BCUT2D eigenvalue weighted by Gasteiger charge is 2.32. The van der Waals surface area contributed by atoms with Crippen LogP contribution in [0.25, 0.3) is 16.6 Å². The van der Waals surface area contributed by atoms with Crippen molar-refractivity contribution in [2.45, 2.75) is 0 Å². The number of carbonyl (C=O) groups excluding carboxylic acids is 2. The van der Waals surface area contributed by atoms with Gasteiger partial charge < -0.3 is 4.90 Å². The molecule has 7 heteroatoms. The SMILES string of the molecule is O=C(CN1CCN(c2cccc3c2cnn3-c2ccccc2F)C1=O)c1ccccc1. The number of anilines is 1. The zero-order valence-electron chi connectivity index (χ0n) is 16.6. The molecule has 4 aromatic rings. The van der Waals surface area contributed by atoms with Crippen LogP contribution in [0, 0.1) is 5.82 Å². The van der Waals surface area contributed by atoms with Gasteiger partial charge in [0.2, 0.25) is 0 Å². The number of benzene rings is 3. The lowest BCUT2D eigenvalue weighted by molar-refractivity contribution is 0.0955. The van der Waals surface area contributed by atoms with Gasteiger partial charge in [-0.05, 0) is 24.3 Å². The summed E-state index contributed by atoms with van der Waals surface area (Å²) < 4.78 is 15.8. The molecule has 0 radical (unpaired) electrons. The summed E-state index contributed by atoms with van der Waals surface area (Å²) in [7, 11) is 0. The first kappa shape index (κ1) is 19.0. The summed E-state index contributed by atoms with van der Waals surface area (Å²) in [6, 6.07) is 20.7. The summed E-state index contributed by atoms with van der Waals surface area (Å²) in [5.41, 5.74) is 2.33. The molecule has 1 aliphatic rings. The second-order valence-electron chi connectivity index (χ2n) is 7.36. The van der Waals surface area contributed by atoms with Gasteiger partial charge in [0.05, 0.1) is 23.9 Å². The van der Waals surface area contributed by atoms with Gasteiger partial charge in [-0.15, -0.1) is 0 Å². The molecular formula is C24H19FN4O2. The molecule has 2 heterocycles. The average Bonchev–Trinajstić information content (AvgIpc) is 3.38. The predicted octanol–water partition coefficient (Wildman–Crippen LogP) is 4.29. The monoisotopic (exact) mass is 414 g/mol. The molecule has 154 valence electrons. The maximum atomic E-state index is 14.3. The van der Waals surface area contributed by atoms with Crippen LogP contribution in [0.3, 0.4) is 0 Å². The lowest BCUT2D eigenvalue weighted by Crippen LogP contribution is -2.35. The predicted molar refractivity (Wildman–Crippen MR) is 116 cm³/mol. The molecule has 0 aliphatic carbocycles. The molecule has 0 saturated carbocycles. The molecular weight excluding hydrogens is 395 g/mol. The van der Waals surface area contributed by atoms with Crippen molar-refractivity contribution in [3.8, 4) is 5.69 Å². The van der Waals surface area contributed by atoms with Crippen LogP contribution in [0.2, 0.25) is 0 Å². The minimum absolute atomic E-state index is 0.0316. The molecule has 1 saturated heterocycles. The summed E-state index contributed by atoms with van der Waals surface area (Å²) >= 11 is 0. The molecule has 3 aromatic carbocycles. The van der Waals surface area contributed by atoms with Gasteiger partial charge in [-0.25, -0.2) is 13.9 Å². The summed E-state index contributed by atoms with van der Waals surface area (Å²) in [4.78, 5) is 28.8. The highest BCUT2D eigenvalue weighted by Crippen LogP contribution is 2.31. The van der Waals surface area contributed by atoms with E-state index in [1.807, 2.05) is 24.3 Å². The quantitative estimate of drug-likeness (QED) is 0.458. The van der Waals surface area contributed by atoms with Crippen molar-refractivity contribution in [1.82, 2.24) is 14.7 Å². The number of urea groups is 1. The van der Waals surface area contributed by atoms with Crippen molar-refractivity contribution in [2.75, 3.05) is 24.5 Å². The van der Waals surface area contributed by atoms with Gasteiger partial charge in [-0.3, -0.25) is 9.69 Å². The number of aromatic nitrogens is 2. The first-order valence-corrected chi connectivity index (χ1v) is 10.00. The zero-order chi connectivity index (χ0) is 21.4. The van der Waals surface area contributed by atoms with Crippen LogP contribution in [0.5, 0.6) is 0 Å². The molecule has 5 rings (SSSR count). The number of carbonyl (C=O) groups is 2. The molecule has 0 unspecified atom stereocenters. The summed E-state index contributed by atoms with van der Waals surface area (Å²) in [6.07, 6.45) is 1.64. The third-order valence-electron chi connectivity index (χ3n) is 5.49. The largest absolute Gasteiger partial charge is 0.325 e. The lowest BCUT2D eigenvalue weighted by atomic mass is 10.1. The Morgan fingerprint density at radius 3 is 2.45 bits per heavy atom. The maximum Gasteiger partial charge on any atom is 0.325 e. The molecule has 6 nitrogen and oxygen atoms in total. The minimum atomic E-state index is -0.374. The van der Waals surface area contributed by atoms with Crippen LogP contribution in [-0.4, -0.2) is 46.1 Å². The second kappa shape index (κ2) is 7.68. The Balaban J connectivity index is 1.43. The topological polar surface area (TPSA) is 58.4 Å². The number of hydrogen-bond donors (Lipinski definition) is 0. The molecule has 1 aliphatic heterocycles. The maximum absolute atomic E-state index is 14.3. The van der Waals surface area contributed by atoms with E-state index in [0.717, 1.165) is 5.39 Å². The number of amides is 2. The van der Waals surface area contributed by atoms with Crippen LogP contribution in [0.4, 0.5) is 14.9 Å². The van der Waals surface area contributed by atoms with Gasteiger partial charge in [0.25, 0.3) is 0 Å². The Morgan fingerprint density at radius 2 is 1.65 bits per heavy atom. The van der Waals surface area contributed by atoms with Crippen molar-refractivity contribution in [3.05, 3.63) is 90.4 Å². The first-order valence-electron chi connectivity index (χ1n) is 10.00. The molecule has 0 N–H and O–H groups in total. The summed E-state index contributed by atoms with van der Waals surface area (Å²) in [6.45, 7) is 0.948. The van der Waals surface area contributed by atoms with Crippen molar-refractivity contribution < 1.29 is 14.0 Å². The number of ketones is 1. The smallest absolute Gasteiger partial charge is 0.315 e. The van der Waals surface area contributed by atoms with Crippen LogP contribution in [0.1, 0.15) is 10.4 Å². The molecule has 31 heavy (non-hydrogen) atoms. The number of halogens is 1. The minimum Gasteiger partial charge on any atom is -0.315 e. The highest BCUT2D eigenvalue weighted by molar-refractivity contribution is 6.06. The van der Waals surface area contributed by atoms with Crippen LogP contribution < -0.4 is 4.90 Å². The van der Waals surface area contributed by atoms with Gasteiger partial charge in [-0.2, -0.15) is 5.10 Å². The third-order valence-corrected chi connectivity index (χ3v) is 5.49. The molecule has 0 spiro atoms. The fourth-order valence-corrected chi connectivity index (χ4v) is 3.93. The van der Waals surface area contributed by atoms with E-state index in [2.05, 4.69) is 5.10 Å². The van der Waals surface area contributed by atoms with Crippen LogP contribution >= 0.6 is 0 Å². The number of rotatable bonds is 5. The first-order chi connectivity index (χ1) is 15.1. The Labute approximate surface area is 178 Å². The fraction of sp³-hybridized carbons (Fsp3) is 0.125. The van der Waals surface area contributed by atoms with Gasteiger partial charge in [-0.1, -0.05) is 48.5 Å². The van der Waals surface area contributed by atoms with Crippen LogP contribution in [0.15, 0.2) is 79.0 Å². The van der Waals surface area contributed by atoms with E-state index < -0.39 is 0 Å². The number of Topliss-reactive ketones (excluding diaryl/α,β-unsaturated/α-hetero) is 1. The normalized spacial score (nSPS) is 13.9. The van der Waals surface area contributed by atoms with E-state index >= 15 is 0 Å². The molecule has 0 atom stereocenters. The van der Waals surface area contributed by atoms with Gasteiger partial charge in [0.1, 0.15) is 11.5 Å². The van der Waals surface area contributed by atoms with E-state index in [1.165, 1.54) is 10.7 Å². The number of para-hydroxylation sites is 1. The average molecular weight is 414 g/mol. The standard InChI is InChI=1S/C24H19FN4O2/c25-19-9-4-5-10-22(19)29-21-12-6-11-20(18(21)15-26-29)28-14-13-27(24(28)31)16-23(30)17-7-2-1-3-8-17/h1-12,15H,13-14,16H2. The van der Waals surface area contributed by atoms with Crippen molar-refractivity contribution in [2.24, 2.45) is 0 Å². The summed E-state index contributed by atoms with van der Waals surface area (Å²) in [5.74, 6) is -0.470. The second-order valence-corrected chi connectivity index (χ2v) is 7.36. The molecule has 1 fully saturated rings. The molecule has 2 amide bonds. The van der Waals surface area contributed by atoms with E-state index in [0.29, 0.717) is 35.5 Å². The Hall–Kier alpha value is -4.00. The van der Waals surface area contributed by atoms with E-state index in [9.17, 15) is 14.0 Å². The number of hydrogen-bond acceptors (Lipinski definition) is 3. The zero-order valence-corrected chi connectivity index (χ0v) is 16.6. The van der Waals surface area contributed by atoms with Crippen molar-refractivity contribution in [1.29, 1.82) is 0 Å². The molecule has 1 aromatic heterocycles. The Kier molecular flexibility index (Phi) is 4.71. The van der Waals surface area contributed by atoms with E-state index in [1.54, 1.807) is 58.5 Å². The Morgan fingerprint density at radius 1 is 0.903 bits per heavy atom. The van der Waals surface area contributed by atoms with Gasteiger partial charge in [0.15, 0.2) is 5.78 Å². The van der Waals surface area contributed by atoms with Crippen LogP contribution in [-0.2, 0) is 0 Å². The van der Waals surface area contributed by atoms with E-state index in [-0.39, 0.29) is 24.2 Å². The van der Waals surface area contributed by atoms with Gasteiger partial charge >= 0.3 is 6.03 Å². The Bertz CT molecular complexity index is 1290. The fourth-order valence-electron chi connectivity index (χ4n) is 3.93. The van der Waals surface area contributed by atoms with Gasteiger partial charge in [0, 0.05) is 24.0 Å². The van der Waals surface area contributed by atoms with E-state index in [4.69, 9.17) is 0 Å². The molecule has 0 bridgehead atoms. The third kappa shape index (κ3) is 3.34. The highest BCUT2D eigenvalue weighted by atomic mass is 19.1. The number of nitrogens with zero attached hydrogens (tertiary/aromatic N) is 4. The van der Waals surface area contributed by atoms with Crippen molar-refractivity contribution in [3.63, 3.8) is 0 Å². The lowest BCUT2D eigenvalue weighted by Gasteiger charge is -2.19. The number of fused-ring (bicyclic) bond motifs is 1. The van der Waals surface area contributed by atoms with Crippen molar-refractivity contribution >= 4 is 28.4 Å². The summed E-state index contributed by atoms with van der Waals surface area (Å²) in [5, 5.41) is 5.11.